The van der Waals surface area contributed by atoms with Crippen molar-refractivity contribution in [1.29, 1.82) is 0 Å². The maximum absolute atomic E-state index is 12.7. The summed E-state index contributed by atoms with van der Waals surface area (Å²) in [7, 11) is -1.97. The molecule has 3 nitrogen and oxygen atoms in total. The van der Waals surface area contributed by atoms with E-state index in [9.17, 15) is 12.8 Å². The monoisotopic (exact) mass is 309 g/mol. The van der Waals surface area contributed by atoms with Crippen LogP contribution in [0.1, 0.15) is 6.42 Å². The molecule has 0 unspecified atom stereocenters. The summed E-state index contributed by atoms with van der Waals surface area (Å²) in [5, 5.41) is 0.746. The molecule has 0 spiro atoms. The lowest BCUT2D eigenvalue weighted by atomic mass is 10.4. The van der Waals surface area contributed by atoms with Crippen LogP contribution in [0.4, 0.5) is 4.39 Å². The standard InChI is InChI=1S/C10H13BrFNO2S/c1-13(8-2-7-11)16(14,15)10-5-3-9(12)4-6-10/h3-6H,2,7-8H2,1H3. The molecule has 16 heavy (non-hydrogen) atoms. The second-order valence-electron chi connectivity index (χ2n) is 3.32. The van der Waals surface area contributed by atoms with Gasteiger partial charge in [0, 0.05) is 18.9 Å². The highest BCUT2D eigenvalue weighted by Gasteiger charge is 2.19. The molecular formula is C10H13BrFNO2S. The number of benzene rings is 1. The van der Waals surface area contributed by atoms with Gasteiger partial charge in [0.2, 0.25) is 10.0 Å². The fourth-order valence-corrected chi connectivity index (χ4v) is 2.65. The predicted octanol–water partition coefficient (Wildman–Crippen LogP) is 2.23. The van der Waals surface area contributed by atoms with E-state index in [0.29, 0.717) is 6.54 Å². The zero-order valence-corrected chi connectivity index (χ0v) is 11.3. The van der Waals surface area contributed by atoms with E-state index < -0.39 is 15.8 Å². The molecule has 0 atom stereocenters. The van der Waals surface area contributed by atoms with Crippen molar-refractivity contribution in [2.45, 2.75) is 11.3 Å². The van der Waals surface area contributed by atoms with Gasteiger partial charge in [-0.2, -0.15) is 0 Å². The van der Waals surface area contributed by atoms with Gasteiger partial charge in [-0.3, -0.25) is 0 Å². The van der Waals surface area contributed by atoms with E-state index in [1.54, 1.807) is 0 Å². The molecule has 1 aromatic rings. The van der Waals surface area contributed by atoms with Gasteiger partial charge in [-0.25, -0.2) is 17.1 Å². The largest absolute Gasteiger partial charge is 0.242 e. The van der Waals surface area contributed by atoms with Crippen LogP contribution in [0.5, 0.6) is 0 Å². The van der Waals surface area contributed by atoms with Gasteiger partial charge >= 0.3 is 0 Å². The fraction of sp³-hybridized carbons (Fsp3) is 0.400. The molecular weight excluding hydrogens is 297 g/mol. The highest BCUT2D eigenvalue weighted by atomic mass is 79.9. The van der Waals surface area contributed by atoms with Gasteiger partial charge in [0.15, 0.2) is 0 Å². The molecule has 0 aliphatic rings. The molecule has 0 fully saturated rings. The fourth-order valence-electron chi connectivity index (χ4n) is 1.19. The topological polar surface area (TPSA) is 37.4 Å². The summed E-state index contributed by atoms with van der Waals surface area (Å²) in [6.45, 7) is 0.435. The zero-order valence-electron chi connectivity index (χ0n) is 8.86. The van der Waals surface area contributed by atoms with Crippen LogP contribution in [0.3, 0.4) is 0 Å². The van der Waals surface area contributed by atoms with Crippen molar-refractivity contribution < 1.29 is 12.8 Å². The average molecular weight is 310 g/mol. The van der Waals surface area contributed by atoms with Crippen LogP contribution < -0.4 is 0 Å². The third kappa shape index (κ3) is 3.26. The molecule has 0 N–H and O–H groups in total. The minimum Gasteiger partial charge on any atom is -0.207 e. The maximum atomic E-state index is 12.7. The molecule has 0 aromatic heterocycles. The van der Waals surface area contributed by atoms with Crippen LogP contribution in [-0.2, 0) is 10.0 Å². The Morgan fingerprint density at radius 2 is 1.88 bits per heavy atom. The molecule has 0 aliphatic heterocycles. The van der Waals surface area contributed by atoms with Crippen LogP contribution in [0, 0.1) is 5.82 Å². The summed E-state index contributed by atoms with van der Waals surface area (Å²) < 4.78 is 37.8. The van der Waals surface area contributed by atoms with E-state index in [1.165, 1.54) is 23.5 Å². The molecule has 6 heteroatoms. The van der Waals surface area contributed by atoms with Crippen molar-refractivity contribution in [1.82, 2.24) is 4.31 Å². The molecule has 0 saturated carbocycles. The Hall–Kier alpha value is -0.460. The van der Waals surface area contributed by atoms with Crippen molar-refractivity contribution >= 4 is 26.0 Å². The van der Waals surface area contributed by atoms with E-state index in [4.69, 9.17) is 0 Å². The Balaban J connectivity index is 2.89. The molecule has 1 rings (SSSR count). The Kier molecular flexibility index (Phi) is 4.89. The van der Waals surface area contributed by atoms with E-state index in [-0.39, 0.29) is 4.90 Å². The summed E-state index contributed by atoms with van der Waals surface area (Å²) in [6.07, 6.45) is 0.733. The lowest BCUT2D eigenvalue weighted by Gasteiger charge is -2.16. The summed E-state index contributed by atoms with van der Waals surface area (Å²) >= 11 is 3.24. The second kappa shape index (κ2) is 5.75. The predicted molar refractivity (Wildman–Crippen MR) is 64.6 cm³/mol. The lowest BCUT2D eigenvalue weighted by Crippen LogP contribution is -2.28. The van der Waals surface area contributed by atoms with E-state index >= 15 is 0 Å². The van der Waals surface area contributed by atoms with Crippen LogP contribution >= 0.6 is 15.9 Å². The molecule has 90 valence electrons. The van der Waals surface area contributed by atoms with Gasteiger partial charge in [0.1, 0.15) is 5.82 Å². The maximum Gasteiger partial charge on any atom is 0.242 e. The summed E-state index contributed by atoms with van der Waals surface area (Å²) in [6, 6.07) is 4.83. The molecule has 0 bridgehead atoms. The first-order valence-corrected chi connectivity index (χ1v) is 7.32. The molecule has 0 heterocycles. The van der Waals surface area contributed by atoms with Crippen molar-refractivity contribution in [3.63, 3.8) is 0 Å². The van der Waals surface area contributed by atoms with E-state index in [1.807, 2.05) is 0 Å². The van der Waals surface area contributed by atoms with Gasteiger partial charge in [-0.1, -0.05) is 15.9 Å². The number of halogens is 2. The van der Waals surface area contributed by atoms with Gasteiger partial charge in [0.25, 0.3) is 0 Å². The van der Waals surface area contributed by atoms with Crippen molar-refractivity contribution in [3.05, 3.63) is 30.1 Å². The minimum atomic E-state index is -3.48. The molecule has 0 saturated heterocycles. The van der Waals surface area contributed by atoms with Gasteiger partial charge in [-0.15, -0.1) is 0 Å². The highest BCUT2D eigenvalue weighted by Crippen LogP contribution is 2.14. The van der Waals surface area contributed by atoms with Crippen molar-refractivity contribution in [2.24, 2.45) is 0 Å². The number of sulfonamides is 1. The van der Waals surface area contributed by atoms with E-state index in [0.717, 1.165) is 23.9 Å². The first-order chi connectivity index (χ1) is 7.48. The van der Waals surface area contributed by atoms with Crippen molar-refractivity contribution in [2.75, 3.05) is 18.9 Å². The van der Waals surface area contributed by atoms with Gasteiger partial charge in [-0.05, 0) is 30.7 Å². The normalized spacial score (nSPS) is 12.0. The first kappa shape index (κ1) is 13.6. The van der Waals surface area contributed by atoms with Crippen LogP contribution in [0.25, 0.3) is 0 Å². The first-order valence-electron chi connectivity index (χ1n) is 4.76. The molecule has 0 aliphatic carbocycles. The molecule has 0 radical (unpaired) electrons. The third-order valence-electron chi connectivity index (χ3n) is 2.13. The lowest BCUT2D eigenvalue weighted by molar-refractivity contribution is 0.470. The van der Waals surface area contributed by atoms with Crippen LogP contribution in [0.15, 0.2) is 29.2 Å². The number of hydrogen-bond acceptors (Lipinski definition) is 2. The summed E-state index contributed by atoms with van der Waals surface area (Å²) in [4.78, 5) is 0.117. The molecule has 1 aromatic carbocycles. The van der Waals surface area contributed by atoms with Crippen LogP contribution in [0.2, 0.25) is 0 Å². The van der Waals surface area contributed by atoms with Crippen molar-refractivity contribution in [3.8, 4) is 0 Å². The van der Waals surface area contributed by atoms with Gasteiger partial charge < -0.3 is 0 Å². The number of alkyl halides is 1. The Bertz CT molecular complexity index is 433. The smallest absolute Gasteiger partial charge is 0.207 e. The minimum absolute atomic E-state index is 0.117. The SMILES string of the molecule is CN(CCCBr)S(=O)(=O)c1ccc(F)cc1. The van der Waals surface area contributed by atoms with E-state index in [2.05, 4.69) is 15.9 Å². The average Bonchev–Trinajstić information content (AvgIpc) is 2.26. The highest BCUT2D eigenvalue weighted by molar-refractivity contribution is 9.09. The second-order valence-corrected chi connectivity index (χ2v) is 6.16. The Labute approximate surface area is 103 Å². The summed E-state index contributed by atoms with van der Waals surface area (Å²) in [5.74, 6) is -0.443. The zero-order chi connectivity index (χ0) is 12.2. The Morgan fingerprint density at radius 3 is 2.38 bits per heavy atom. The molecule has 0 amide bonds. The Morgan fingerprint density at radius 1 is 1.31 bits per heavy atom. The number of nitrogens with zero attached hydrogens (tertiary/aromatic N) is 1. The third-order valence-corrected chi connectivity index (χ3v) is 4.56. The summed E-state index contributed by atoms with van der Waals surface area (Å²) in [5.41, 5.74) is 0. The van der Waals surface area contributed by atoms with Crippen LogP contribution in [-0.4, -0.2) is 31.6 Å². The number of rotatable bonds is 5. The quantitative estimate of drug-likeness (QED) is 0.782. The van der Waals surface area contributed by atoms with Gasteiger partial charge in [0.05, 0.1) is 4.90 Å². The number of hydrogen-bond donors (Lipinski definition) is 0.